The highest BCUT2D eigenvalue weighted by molar-refractivity contribution is 8.76. The summed E-state index contributed by atoms with van der Waals surface area (Å²) in [7, 11) is 3.04. The number of nitrogens with one attached hydrogen (secondary N) is 2. The van der Waals surface area contributed by atoms with Crippen molar-refractivity contribution in [1.29, 1.82) is 0 Å². The van der Waals surface area contributed by atoms with Gasteiger partial charge in [-0.25, -0.2) is 0 Å². The van der Waals surface area contributed by atoms with E-state index in [9.17, 15) is 19.2 Å². The molecule has 0 atom stereocenters. The summed E-state index contributed by atoms with van der Waals surface area (Å²) >= 11 is 0. The molecule has 0 radical (unpaired) electrons. The Balaban J connectivity index is 1.37. The molecule has 0 aliphatic rings. The Kier molecular flexibility index (Phi) is 11.3. The lowest BCUT2D eigenvalue weighted by Gasteiger charge is -2.19. The minimum absolute atomic E-state index is 0.0788. The topological polar surface area (TPSA) is 137 Å². The number of fused-ring (bicyclic) bond motifs is 2. The van der Waals surface area contributed by atoms with E-state index in [1.54, 1.807) is 53.7 Å². The van der Waals surface area contributed by atoms with Gasteiger partial charge in [0.1, 0.15) is 11.2 Å². The third kappa shape index (κ3) is 10.2. The van der Waals surface area contributed by atoms with Gasteiger partial charge in [-0.3, -0.25) is 29.1 Å². The minimum atomic E-state index is -0.574. The highest BCUT2D eigenvalue weighted by Gasteiger charge is 2.18. The zero-order valence-corrected chi connectivity index (χ0v) is 28.4. The highest BCUT2D eigenvalue weighted by atomic mass is 33.1. The number of esters is 2. The zero-order valence-electron chi connectivity index (χ0n) is 26.8. The maximum Gasteiger partial charge on any atom is 0.308 e. The summed E-state index contributed by atoms with van der Waals surface area (Å²) < 4.78 is 10.6. The Morgan fingerprint density at radius 2 is 1.04 bits per heavy atom. The molecule has 0 saturated carbocycles. The fourth-order valence-corrected chi connectivity index (χ4v) is 6.58. The second-order valence-corrected chi connectivity index (χ2v) is 14.7. The van der Waals surface area contributed by atoms with Crippen LogP contribution in [-0.4, -0.2) is 58.0 Å². The molecule has 2 heterocycles. The van der Waals surface area contributed by atoms with Crippen LogP contribution in [0.1, 0.15) is 75.1 Å². The zero-order chi connectivity index (χ0) is 33.5. The van der Waals surface area contributed by atoms with Crippen LogP contribution in [0.5, 0.6) is 0 Å². The molecule has 0 bridgehead atoms. The maximum absolute atomic E-state index is 12.7. The molecule has 242 valence electrons. The van der Waals surface area contributed by atoms with Crippen LogP contribution in [0, 0.1) is 0 Å². The van der Waals surface area contributed by atoms with Crippen molar-refractivity contribution < 1.29 is 28.7 Å². The summed E-state index contributed by atoms with van der Waals surface area (Å²) in [5, 5.41) is 7.12. The van der Waals surface area contributed by atoms with Gasteiger partial charge in [-0.15, -0.1) is 0 Å². The van der Waals surface area contributed by atoms with Gasteiger partial charge in [0.2, 0.25) is 0 Å². The van der Waals surface area contributed by atoms with Gasteiger partial charge in [-0.2, -0.15) is 0 Å². The highest BCUT2D eigenvalue weighted by Crippen LogP contribution is 2.42. The smallest absolute Gasteiger partial charge is 0.308 e. The maximum atomic E-state index is 12.7. The first-order chi connectivity index (χ1) is 21.7. The number of benzene rings is 2. The van der Waals surface area contributed by atoms with Crippen molar-refractivity contribution in [2.75, 3.05) is 13.1 Å². The summed E-state index contributed by atoms with van der Waals surface area (Å²) in [5.41, 5.74) is 1.15. The fraction of sp³-hybridized carbons (Fsp3) is 0.353. The summed E-state index contributed by atoms with van der Waals surface area (Å²) in [6.45, 7) is 11.1. The van der Waals surface area contributed by atoms with Crippen LogP contribution < -0.4 is 10.6 Å². The van der Waals surface area contributed by atoms with E-state index in [0.717, 1.165) is 31.6 Å². The van der Waals surface area contributed by atoms with Crippen molar-refractivity contribution in [1.82, 2.24) is 20.6 Å². The summed E-state index contributed by atoms with van der Waals surface area (Å²) in [6.07, 6.45) is 3.21. The monoisotopic (exact) mass is 662 g/mol. The van der Waals surface area contributed by atoms with Crippen molar-refractivity contribution in [3.05, 3.63) is 72.1 Å². The van der Waals surface area contributed by atoms with Gasteiger partial charge in [0.05, 0.1) is 35.0 Å². The lowest BCUT2D eigenvalue weighted by atomic mass is 10.1. The van der Waals surface area contributed by atoms with Crippen molar-refractivity contribution in [3.63, 3.8) is 0 Å². The Hall–Kier alpha value is -4.16. The van der Waals surface area contributed by atoms with Crippen molar-refractivity contribution in [2.45, 2.75) is 75.4 Å². The molecule has 0 aliphatic heterocycles. The molecule has 0 spiro atoms. The van der Waals surface area contributed by atoms with E-state index >= 15 is 0 Å². The molecule has 10 nitrogen and oxygen atoms in total. The van der Waals surface area contributed by atoms with Crippen LogP contribution in [0.2, 0.25) is 0 Å². The van der Waals surface area contributed by atoms with Gasteiger partial charge in [-0.05, 0) is 65.8 Å². The quantitative estimate of drug-likeness (QED) is 0.135. The number of carbonyl (C=O) groups excluding carboxylic acids is 4. The standard InChI is InChI=1S/C34H38N4O6S2/c1-33(2,3)43-27(39)13-15-35-31(41)23-17-21-9-7-11-25(29(21)37-19-23)45-46-26-12-8-10-22-18-24(20-38-30(22)26)32(42)36-16-14-28(40)44-34(4,5)6/h7-12,17-20H,13-16H2,1-6H3,(H,35,41)(H,36,42). The van der Waals surface area contributed by atoms with Gasteiger partial charge in [0.15, 0.2) is 0 Å². The van der Waals surface area contributed by atoms with Crippen LogP contribution in [0.4, 0.5) is 0 Å². The average Bonchev–Trinajstić information content (AvgIpc) is 2.97. The second-order valence-electron chi connectivity index (χ2n) is 12.5. The second kappa shape index (κ2) is 15.0. The van der Waals surface area contributed by atoms with E-state index in [-0.39, 0.29) is 49.7 Å². The van der Waals surface area contributed by atoms with Crippen LogP contribution >= 0.6 is 21.6 Å². The number of para-hydroxylation sites is 2. The normalized spacial score (nSPS) is 11.7. The van der Waals surface area contributed by atoms with E-state index in [2.05, 4.69) is 20.6 Å². The van der Waals surface area contributed by atoms with E-state index in [4.69, 9.17) is 9.47 Å². The molecule has 46 heavy (non-hydrogen) atoms. The van der Waals surface area contributed by atoms with Gasteiger partial charge >= 0.3 is 11.9 Å². The van der Waals surface area contributed by atoms with E-state index in [1.165, 1.54) is 34.0 Å². The Bertz CT molecular complexity index is 1640. The van der Waals surface area contributed by atoms with Crippen LogP contribution in [0.3, 0.4) is 0 Å². The first-order valence-corrected chi connectivity index (χ1v) is 17.0. The number of rotatable bonds is 11. The number of hydrogen-bond donors (Lipinski definition) is 2. The predicted molar refractivity (Wildman–Crippen MR) is 181 cm³/mol. The molecule has 2 aromatic heterocycles. The lowest BCUT2D eigenvalue weighted by Crippen LogP contribution is -2.29. The van der Waals surface area contributed by atoms with E-state index in [1.807, 2.05) is 36.4 Å². The molecule has 0 fully saturated rings. The number of nitrogens with zero attached hydrogens (tertiary/aromatic N) is 2. The molecule has 4 rings (SSSR count). The minimum Gasteiger partial charge on any atom is -0.460 e. The van der Waals surface area contributed by atoms with Gasteiger partial charge in [0, 0.05) is 46.0 Å². The number of pyridine rings is 2. The fourth-order valence-electron chi connectivity index (χ4n) is 4.28. The molecule has 12 heteroatoms. The molecule has 4 aromatic rings. The lowest BCUT2D eigenvalue weighted by molar-refractivity contribution is -0.155. The summed E-state index contributed by atoms with van der Waals surface area (Å²) in [4.78, 5) is 60.2. The van der Waals surface area contributed by atoms with Crippen molar-refractivity contribution >= 4 is 67.1 Å². The van der Waals surface area contributed by atoms with Crippen LogP contribution in [-0.2, 0) is 19.1 Å². The number of amides is 2. The molecular formula is C34H38N4O6S2. The molecule has 0 saturated heterocycles. The summed E-state index contributed by atoms with van der Waals surface area (Å²) in [6, 6.07) is 15.1. The number of ether oxygens (including phenoxy) is 2. The first-order valence-electron chi connectivity index (χ1n) is 14.8. The molecule has 2 amide bonds. The van der Waals surface area contributed by atoms with Gasteiger partial charge in [0.25, 0.3) is 11.8 Å². The third-order valence-electron chi connectivity index (χ3n) is 6.16. The Morgan fingerprint density at radius 3 is 1.41 bits per heavy atom. The van der Waals surface area contributed by atoms with E-state index in [0.29, 0.717) is 11.1 Å². The van der Waals surface area contributed by atoms with Crippen LogP contribution in [0.15, 0.2) is 70.7 Å². The Labute approximate surface area is 276 Å². The van der Waals surface area contributed by atoms with Gasteiger partial charge in [-0.1, -0.05) is 45.9 Å². The van der Waals surface area contributed by atoms with Crippen LogP contribution in [0.25, 0.3) is 21.8 Å². The van der Waals surface area contributed by atoms with Gasteiger partial charge < -0.3 is 20.1 Å². The number of carbonyl (C=O) groups is 4. The van der Waals surface area contributed by atoms with Crippen molar-refractivity contribution in [3.8, 4) is 0 Å². The first kappa shape index (κ1) is 34.7. The molecule has 2 N–H and O–H groups in total. The SMILES string of the molecule is CC(C)(C)OC(=O)CCNC(=O)c1cnc2c(SSc3cccc4cc(C(=O)NCCC(=O)OC(C)(C)C)cnc34)cccc2c1. The molecule has 0 aliphatic carbocycles. The largest absolute Gasteiger partial charge is 0.460 e. The average molecular weight is 663 g/mol. The number of hydrogen-bond acceptors (Lipinski definition) is 10. The molecular weight excluding hydrogens is 625 g/mol. The predicted octanol–water partition coefficient (Wildman–Crippen LogP) is 6.51. The number of aromatic nitrogens is 2. The van der Waals surface area contributed by atoms with E-state index < -0.39 is 11.2 Å². The molecule has 2 aromatic carbocycles. The molecule has 0 unspecified atom stereocenters. The third-order valence-corrected chi connectivity index (χ3v) is 8.59. The summed E-state index contributed by atoms with van der Waals surface area (Å²) in [5.74, 6) is -1.38. The van der Waals surface area contributed by atoms with Crippen molar-refractivity contribution in [2.24, 2.45) is 0 Å². The Morgan fingerprint density at radius 1 is 0.652 bits per heavy atom.